The predicted molar refractivity (Wildman–Crippen MR) is 179 cm³/mol. The van der Waals surface area contributed by atoms with E-state index >= 15 is 0 Å². The molecule has 12 nitrogen and oxygen atoms in total. The van der Waals surface area contributed by atoms with Crippen LogP contribution < -0.4 is 0 Å². The van der Waals surface area contributed by atoms with Gasteiger partial charge in [-0.15, -0.1) is 0 Å². The molecule has 2 N–H and O–H groups in total. The summed E-state index contributed by atoms with van der Waals surface area (Å²) >= 11 is 0. The highest BCUT2D eigenvalue weighted by atomic mass is 32.3. The third-order valence-electron chi connectivity index (χ3n) is 11.5. The van der Waals surface area contributed by atoms with Crippen LogP contribution >= 0.6 is 0 Å². The van der Waals surface area contributed by atoms with Crippen molar-refractivity contribution in [2.24, 2.45) is 0 Å². The molecule has 0 saturated carbocycles. The first-order chi connectivity index (χ1) is 23.0. The van der Waals surface area contributed by atoms with E-state index in [1.807, 2.05) is 60.7 Å². The molecule has 4 aliphatic heterocycles. The number of hydrogen-bond donors (Lipinski definition) is 2. The number of aliphatic hydroxyl groups is 2. The van der Waals surface area contributed by atoms with Gasteiger partial charge in [-0.25, -0.2) is 0 Å². The first kappa shape index (κ1) is 38.9. The number of aliphatic hydroxyl groups excluding tert-OH is 2. The smallest absolute Gasteiger partial charge is 0.316 e. The largest absolute Gasteiger partial charge is 0.759 e. The van der Waals surface area contributed by atoms with Gasteiger partial charge in [0.1, 0.15) is 24.0 Å². The Bertz CT molecular complexity index is 1350. The maximum atomic E-state index is 12.5. The van der Waals surface area contributed by atoms with Gasteiger partial charge in [0.2, 0.25) is 0 Å². The van der Waals surface area contributed by atoms with Crippen LogP contribution in [0.4, 0.5) is 0 Å². The minimum Gasteiger partial charge on any atom is -0.759 e. The number of ether oxygens (including phenoxy) is 2. The third-order valence-corrected chi connectivity index (χ3v) is 11.5. The van der Waals surface area contributed by atoms with Crippen molar-refractivity contribution in [2.45, 2.75) is 99.6 Å². The van der Waals surface area contributed by atoms with Gasteiger partial charge < -0.3 is 37.8 Å². The molecule has 4 bridgehead atoms. The quantitative estimate of drug-likeness (QED) is 0.180. The molecule has 4 heterocycles. The molecule has 2 aromatic rings. The van der Waals surface area contributed by atoms with Crippen LogP contribution in [0.1, 0.15) is 74.3 Å². The fraction of sp³-hybridized carbons (Fsp3) is 0.611. The van der Waals surface area contributed by atoms with Crippen molar-refractivity contribution in [3.63, 3.8) is 0 Å². The van der Waals surface area contributed by atoms with Crippen LogP contribution in [-0.4, -0.2) is 126 Å². The van der Waals surface area contributed by atoms with E-state index in [1.165, 1.54) is 25.7 Å². The second kappa shape index (κ2) is 16.4. The van der Waals surface area contributed by atoms with Gasteiger partial charge >= 0.3 is 11.9 Å². The molecule has 13 heteroatoms. The Morgan fingerprint density at radius 2 is 0.918 bits per heavy atom. The van der Waals surface area contributed by atoms with Crippen LogP contribution in [0, 0.1) is 0 Å². The Kier molecular flexibility index (Phi) is 13.0. The first-order valence-corrected chi connectivity index (χ1v) is 18.4. The molecular formula is C36H52N2O10S. The van der Waals surface area contributed by atoms with Gasteiger partial charge in [0.15, 0.2) is 0 Å². The van der Waals surface area contributed by atoms with E-state index in [-0.39, 0.29) is 37.4 Å². The third kappa shape index (κ3) is 10.1. The van der Waals surface area contributed by atoms with Gasteiger partial charge in [0.25, 0.3) is 0 Å². The highest BCUT2D eigenvalue weighted by Crippen LogP contribution is 2.42. The van der Waals surface area contributed by atoms with Crippen LogP contribution in [0.25, 0.3) is 0 Å². The normalized spacial score (nSPS) is 28.8. The van der Waals surface area contributed by atoms with Crippen molar-refractivity contribution in [3.05, 3.63) is 71.8 Å². The molecule has 0 spiro atoms. The molecule has 49 heavy (non-hydrogen) atoms. The number of rotatable bonds is 8. The van der Waals surface area contributed by atoms with Gasteiger partial charge in [0, 0.05) is 61.8 Å². The average molecular weight is 705 g/mol. The number of carbonyl (C=O) groups is 2. The van der Waals surface area contributed by atoms with Gasteiger partial charge in [-0.05, 0) is 11.1 Å². The molecule has 4 fully saturated rings. The van der Waals surface area contributed by atoms with E-state index in [2.05, 4.69) is 28.2 Å². The van der Waals surface area contributed by atoms with Gasteiger partial charge in [-0.3, -0.25) is 18.0 Å². The minimum atomic E-state index is -5.17. The fourth-order valence-corrected chi connectivity index (χ4v) is 8.35. The van der Waals surface area contributed by atoms with Crippen molar-refractivity contribution >= 4 is 22.3 Å². The SMILES string of the molecule is C[N+]1(C)[C@@H]2CC[C@H]1CC(OC(=O)C(CO)c1ccccc1)C2.C[N+]1(C)[C@@H]2CC[C@H]1CC(OC(=O)C(CO)c1ccccc1)C2.O=S(=O)([O-])[O-]. The van der Waals surface area contributed by atoms with Crippen molar-refractivity contribution in [1.29, 1.82) is 0 Å². The summed E-state index contributed by atoms with van der Waals surface area (Å²) in [6.45, 7) is -0.409. The van der Waals surface area contributed by atoms with E-state index in [9.17, 15) is 19.8 Å². The maximum absolute atomic E-state index is 12.5. The molecule has 6 rings (SSSR count). The summed E-state index contributed by atoms with van der Waals surface area (Å²) in [5.41, 5.74) is 1.65. The standard InChI is InChI=1S/2C18H26NO3.H2O4S/c2*1-19(2)14-8-9-15(19)11-16(10-14)22-18(21)17(12-20)13-6-4-3-5-7-13;1-5(2,3)4/h2*3-7,14-17,20H,8-12H2,1-2H3;(H2,1,2,3,4)/q2*+1;/p-2/t2*14-,15+,16?,17?;. The van der Waals surface area contributed by atoms with E-state index in [1.54, 1.807) is 0 Å². The molecule has 4 saturated heterocycles. The van der Waals surface area contributed by atoms with Crippen LogP contribution in [0.2, 0.25) is 0 Å². The molecule has 0 aromatic heterocycles. The minimum absolute atomic E-state index is 0.00825. The van der Waals surface area contributed by atoms with Crippen LogP contribution in [0.15, 0.2) is 60.7 Å². The Hall–Kier alpha value is -2.91. The second-order valence-electron chi connectivity index (χ2n) is 14.8. The highest BCUT2D eigenvalue weighted by Gasteiger charge is 2.51. The van der Waals surface area contributed by atoms with Crippen LogP contribution in [0.3, 0.4) is 0 Å². The van der Waals surface area contributed by atoms with Crippen molar-refractivity contribution in [1.82, 2.24) is 0 Å². The Labute approximate surface area is 290 Å². The van der Waals surface area contributed by atoms with E-state index < -0.39 is 22.2 Å². The van der Waals surface area contributed by atoms with Crippen LogP contribution in [-0.2, 0) is 29.5 Å². The number of fused-ring (bicyclic) bond motifs is 4. The predicted octanol–water partition coefficient (Wildman–Crippen LogP) is 2.81. The molecule has 4 aliphatic rings. The number of esters is 2. The summed E-state index contributed by atoms with van der Waals surface area (Å²) in [5, 5.41) is 19.1. The van der Waals surface area contributed by atoms with E-state index in [0.29, 0.717) is 24.2 Å². The van der Waals surface area contributed by atoms with Gasteiger partial charge in [-0.2, -0.15) is 0 Å². The van der Waals surface area contributed by atoms with Gasteiger partial charge in [-0.1, -0.05) is 60.7 Å². The molecule has 8 atom stereocenters. The Morgan fingerprint density at radius 3 is 1.16 bits per heavy atom. The lowest BCUT2D eigenvalue weighted by molar-refractivity contribution is -0.931. The summed E-state index contributed by atoms with van der Waals surface area (Å²) in [7, 11) is 4.00. The van der Waals surface area contributed by atoms with Gasteiger partial charge in [0.05, 0.1) is 65.6 Å². The summed E-state index contributed by atoms with van der Waals surface area (Å²) in [5.74, 6) is -1.71. The molecule has 2 aromatic carbocycles. The van der Waals surface area contributed by atoms with Crippen LogP contribution in [0.5, 0.6) is 0 Å². The number of piperidine rings is 2. The zero-order valence-corrected chi connectivity index (χ0v) is 29.7. The van der Waals surface area contributed by atoms with E-state index in [0.717, 1.165) is 45.8 Å². The summed E-state index contributed by atoms with van der Waals surface area (Å²) < 4.78 is 47.7. The zero-order chi connectivity index (χ0) is 36.0. The lowest BCUT2D eigenvalue weighted by Crippen LogP contribution is -2.56. The number of nitrogens with zero attached hydrogens (tertiary/aromatic N) is 2. The topological polar surface area (TPSA) is 173 Å². The maximum Gasteiger partial charge on any atom is 0.316 e. The monoisotopic (exact) mass is 704 g/mol. The summed E-state index contributed by atoms with van der Waals surface area (Å²) in [6, 6.07) is 21.2. The number of benzene rings is 2. The summed E-state index contributed by atoms with van der Waals surface area (Å²) in [6.07, 6.45) is 8.72. The average Bonchev–Trinajstić information content (AvgIpc) is 3.26. The van der Waals surface area contributed by atoms with Crippen molar-refractivity contribution in [2.75, 3.05) is 41.4 Å². The second-order valence-corrected chi connectivity index (χ2v) is 15.6. The fourth-order valence-electron chi connectivity index (χ4n) is 8.35. The van der Waals surface area contributed by atoms with E-state index in [4.69, 9.17) is 27.0 Å². The molecule has 0 radical (unpaired) electrons. The van der Waals surface area contributed by atoms with Crippen molar-refractivity contribution < 1.29 is 55.8 Å². The molecule has 4 unspecified atom stereocenters. The number of carbonyl (C=O) groups excluding carboxylic acids is 2. The Balaban J connectivity index is 0.000000194. The molecule has 272 valence electrons. The molecule has 0 amide bonds. The number of quaternary nitrogens is 2. The zero-order valence-electron chi connectivity index (χ0n) is 28.9. The molecular weight excluding hydrogens is 652 g/mol. The Morgan fingerprint density at radius 1 is 0.653 bits per heavy atom. The number of hydrogen-bond acceptors (Lipinski definition) is 10. The molecule has 0 aliphatic carbocycles. The lowest BCUT2D eigenvalue weighted by atomic mass is 9.96. The van der Waals surface area contributed by atoms with Crippen molar-refractivity contribution in [3.8, 4) is 0 Å². The first-order valence-electron chi connectivity index (χ1n) is 17.1. The lowest BCUT2D eigenvalue weighted by Gasteiger charge is -2.44. The highest BCUT2D eigenvalue weighted by molar-refractivity contribution is 7.79. The summed E-state index contributed by atoms with van der Waals surface area (Å²) in [4.78, 5) is 24.9.